The molecule has 120 valence electrons. The molecule has 0 aliphatic heterocycles. The average Bonchev–Trinajstić information content (AvgIpc) is 2.68. The van der Waals surface area contributed by atoms with E-state index < -0.39 is 7.26 Å². The topological polar surface area (TPSA) is 23.1 Å². The van der Waals surface area contributed by atoms with Crippen molar-refractivity contribution < 1.29 is 5.11 Å². The van der Waals surface area contributed by atoms with Crippen molar-refractivity contribution in [2.24, 2.45) is 0 Å². The maximum absolute atomic E-state index is 12.5. The molecule has 2 heteroatoms. The minimum atomic E-state index is -2.10. The van der Waals surface area contributed by atoms with E-state index in [1.165, 1.54) is 15.9 Å². The Morgan fingerprint density at radius 3 is 1.33 bits per heavy atom. The van der Waals surface area contributed by atoms with Crippen molar-refractivity contribution >= 4 is 23.2 Å². The zero-order chi connectivity index (χ0) is 16.8. The van der Waals surface area contributed by atoms with Gasteiger partial charge in [0.05, 0.1) is 5.82 Å². The molecule has 0 saturated carbocycles. The van der Waals surface area contributed by atoms with Gasteiger partial charge in [0, 0.05) is 0 Å². The maximum atomic E-state index is 12.5. The lowest BCUT2D eigenvalue weighted by Crippen LogP contribution is -2.30. The summed E-state index contributed by atoms with van der Waals surface area (Å²) >= 11 is 0. The quantitative estimate of drug-likeness (QED) is 0.517. The molecule has 0 aliphatic carbocycles. The fourth-order valence-electron chi connectivity index (χ4n) is 2.97. The van der Waals surface area contributed by atoms with Gasteiger partial charge < -0.3 is 5.11 Å². The summed E-state index contributed by atoms with van der Waals surface area (Å²) in [5.41, 5.74) is 0. The Labute approximate surface area is 144 Å². The Morgan fingerprint density at radius 1 is 0.708 bits per heavy atom. The van der Waals surface area contributed by atoms with E-state index in [9.17, 15) is 5.11 Å². The first-order chi connectivity index (χ1) is 11.8. The average molecular weight is 332 g/mol. The second-order valence-corrected chi connectivity index (χ2v) is 8.93. The van der Waals surface area contributed by atoms with Gasteiger partial charge in [-0.25, -0.2) is 0 Å². The maximum Gasteiger partial charge on any atom is 0.136 e. The normalized spacial score (nSPS) is 12.1. The lowest BCUT2D eigenvalue weighted by atomic mass is 10.4. The number of hydrogen-bond acceptors (Lipinski definition) is 1. The van der Waals surface area contributed by atoms with Crippen molar-refractivity contribution in [1.29, 1.82) is 0 Å². The van der Waals surface area contributed by atoms with E-state index in [1.54, 1.807) is 0 Å². The first-order valence-corrected chi connectivity index (χ1v) is 10.1. The summed E-state index contributed by atoms with van der Waals surface area (Å²) in [5, 5.41) is 16.2. The van der Waals surface area contributed by atoms with Gasteiger partial charge in [-0.15, -0.1) is 0 Å². The molecule has 0 N–H and O–H groups in total. The number of benzene rings is 3. The van der Waals surface area contributed by atoms with Crippen LogP contribution in [0, 0.1) is 0 Å². The van der Waals surface area contributed by atoms with Crippen molar-refractivity contribution in [3.63, 3.8) is 0 Å². The summed E-state index contributed by atoms with van der Waals surface area (Å²) in [7, 11) is -2.10. The molecule has 0 atom stereocenters. The van der Waals surface area contributed by atoms with Crippen molar-refractivity contribution in [2.45, 2.75) is 13.3 Å². The van der Waals surface area contributed by atoms with Crippen LogP contribution in [0.3, 0.4) is 0 Å². The van der Waals surface area contributed by atoms with Crippen LogP contribution in [-0.2, 0) is 0 Å². The molecule has 1 nitrogen and oxygen atoms in total. The van der Waals surface area contributed by atoms with Gasteiger partial charge in [0.25, 0.3) is 0 Å². The Morgan fingerprint density at radius 2 is 1.04 bits per heavy atom. The molecule has 0 heterocycles. The third-order valence-electron chi connectivity index (χ3n) is 4.18. The van der Waals surface area contributed by atoms with Crippen LogP contribution < -0.4 is 21.0 Å². The molecular formula is C22H21OP. The summed E-state index contributed by atoms with van der Waals surface area (Å²) in [4.78, 5) is 0. The van der Waals surface area contributed by atoms with Gasteiger partial charge >= 0.3 is 0 Å². The molecule has 0 saturated heterocycles. The highest BCUT2D eigenvalue weighted by Gasteiger charge is 2.43. The van der Waals surface area contributed by atoms with Crippen molar-refractivity contribution in [2.75, 3.05) is 0 Å². The van der Waals surface area contributed by atoms with Crippen LogP contribution >= 0.6 is 7.26 Å². The standard InChI is InChI=1S/C22H21OP/c1-2-19(23)18-24(20-12-6-3-7-13-20,21-14-8-4-9-15-21)22-16-10-5-11-17-22/h3-18H,2H2,1H3/b19-18-. The Hall–Kier alpha value is -2.37. The monoisotopic (exact) mass is 332 g/mol. The lowest BCUT2D eigenvalue weighted by Gasteiger charge is -2.26. The van der Waals surface area contributed by atoms with E-state index in [1.807, 2.05) is 30.9 Å². The highest BCUT2D eigenvalue weighted by molar-refractivity contribution is 7.98. The largest absolute Gasteiger partial charge is 0.873 e. The van der Waals surface area contributed by atoms with Crippen LogP contribution in [0.15, 0.2) is 103 Å². The molecule has 3 rings (SSSR count). The van der Waals surface area contributed by atoms with Gasteiger partial charge in [0.2, 0.25) is 0 Å². The summed E-state index contributed by atoms with van der Waals surface area (Å²) in [6, 6.07) is 31.3. The Balaban J connectivity index is 2.37. The van der Waals surface area contributed by atoms with Gasteiger partial charge in [0.15, 0.2) is 0 Å². The first-order valence-electron chi connectivity index (χ1n) is 8.21. The van der Waals surface area contributed by atoms with Crippen molar-refractivity contribution in [3.05, 3.63) is 103 Å². The zero-order valence-electron chi connectivity index (χ0n) is 13.8. The minimum Gasteiger partial charge on any atom is -0.873 e. The molecule has 0 aliphatic rings. The Kier molecular flexibility index (Phi) is 5.13. The van der Waals surface area contributed by atoms with Crippen LogP contribution in [0.5, 0.6) is 0 Å². The third kappa shape index (κ3) is 3.13. The van der Waals surface area contributed by atoms with E-state index in [0.717, 1.165) is 0 Å². The van der Waals surface area contributed by atoms with Crippen LogP contribution in [-0.4, -0.2) is 0 Å². The molecule has 0 unspecified atom stereocenters. The molecule has 0 bridgehead atoms. The lowest BCUT2D eigenvalue weighted by molar-refractivity contribution is -0.305. The van der Waals surface area contributed by atoms with E-state index in [-0.39, 0.29) is 5.76 Å². The van der Waals surface area contributed by atoms with Gasteiger partial charge in [-0.2, -0.15) is 0 Å². The van der Waals surface area contributed by atoms with Crippen molar-refractivity contribution in [1.82, 2.24) is 0 Å². The molecule has 0 fully saturated rings. The highest BCUT2D eigenvalue weighted by atomic mass is 31.2. The predicted molar refractivity (Wildman–Crippen MR) is 104 cm³/mol. The summed E-state index contributed by atoms with van der Waals surface area (Å²) in [6.07, 6.45) is 0.522. The van der Waals surface area contributed by atoms with Crippen LogP contribution in [0.2, 0.25) is 0 Å². The highest BCUT2D eigenvalue weighted by Crippen LogP contribution is 2.57. The summed E-state index contributed by atoms with van der Waals surface area (Å²) in [6.45, 7) is 1.93. The molecule has 3 aromatic carbocycles. The number of allylic oxidation sites excluding steroid dienone is 1. The smallest absolute Gasteiger partial charge is 0.136 e. The van der Waals surface area contributed by atoms with Crippen molar-refractivity contribution in [3.8, 4) is 0 Å². The molecule has 0 spiro atoms. The predicted octanol–water partition coefficient (Wildman–Crippen LogP) is 3.59. The van der Waals surface area contributed by atoms with Crippen LogP contribution in [0.4, 0.5) is 0 Å². The Bertz CT molecular complexity index is 698. The SMILES string of the molecule is CC/C([O-])=C/[P+](c1ccccc1)(c1ccccc1)c1ccccc1. The van der Waals surface area contributed by atoms with Gasteiger partial charge in [-0.3, -0.25) is 0 Å². The van der Waals surface area contributed by atoms with Crippen LogP contribution in [0.1, 0.15) is 13.3 Å². The molecule has 0 amide bonds. The van der Waals surface area contributed by atoms with E-state index >= 15 is 0 Å². The molecule has 0 aromatic heterocycles. The van der Waals surface area contributed by atoms with Gasteiger partial charge in [0.1, 0.15) is 23.2 Å². The summed E-state index contributed by atoms with van der Waals surface area (Å²) in [5.74, 6) is 2.19. The van der Waals surface area contributed by atoms with E-state index in [0.29, 0.717) is 6.42 Å². The van der Waals surface area contributed by atoms with E-state index in [2.05, 4.69) is 72.8 Å². The van der Waals surface area contributed by atoms with Gasteiger partial charge in [-0.05, 0) is 42.8 Å². The second kappa shape index (κ2) is 7.47. The zero-order valence-corrected chi connectivity index (χ0v) is 14.7. The number of hydrogen-bond donors (Lipinski definition) is 0. The fraction of sp³-hybridized carbons (Fsp3) is 0.0909. The molecule has 3 aromatic rings. The van der Waals surface area contributed by atoms with Gasteiger partial charge in [-0.1, -0.05) is 67.3 Å². The van der Waals surface area contributed by atoms with Crippen LogP contribution in [0.25, 0.3) is 0 Å². The minimum absolute atomic E-state index is 0.194. The number of rotatable bonds is 5. The first kappa shape index (κ1) is 16.5. The molecular weight excluding hydrogens is 311 g/mol. The fourth-order valence-corrected chi connectivity index (χ4v) is 6.85. The second-order valence-electron chi connectivity index (χ2n) is 5.68. The van der Waals surface area contributed by atoms with E-state index in [4.69, 9.17) is 0 Å². The molecule has 24 heavy (non-hydrogen) atoms. The summed E-state index contributed by atoms with van der Waals surface area (Å²) < 4.78 is 0. The third-order valence-corrected chi connectivity index (χ3v) is 8.19. The molecule has 0 radical (unpaired) electrons.